The van der Waals surface area contributed by atoms with Gasteiger partial charge in [-0.15, -0.1) is 11.8 Å². The van der Waals surface area contributed by atoms with Gasteiger partial charge in [0.1, 0.15) is 0 Å². The molecule has 132 valence electrons. The second kappa shape index (κ2) is 9.69. The van der Waals surface area contributed by atoms with Gasteiger partial charge in [0, 0.05) is 31.5 Å². The SMILES string of the molecule is CCCOC1CCCN(C(=O)CSc2ccccc2NC(C)=O)C1. The van der Waals surface area contributed by atoms with Crippen LogP contribution in [-0.4, -0.2) is 48.3 Å². The van der Waals surface area contributed by atoms with Crippen molar-refractivity contribution in [2.24, 2.45) is 0 Å². The lowest BCUT2D eigenvalue weighted by molar-refractivity contribution is -0.132. The molecule has 0 spiro atoms. The van der Waals surface area contributed by atoms with E-state index in [2.05, 4.69) is 12.2 Å². The number of ether oxygens (including phenoxy) is 1. The monoisotopic (exact) mass is 350 g/mol. The molecule has 1 aliphatic heterocycles. The van der Waals surface area contributed by atoms with Gasteiger partial charge < -0.3 is 15.0 Å². The maximum atomic E-state index is 12.5. The summed E-state index contributed by atoms with van der Waals surface area (Å²) in [7, 11) is 0. The lowest BCUT2D eigenvalue weighted by atomic mass is 10.1. The summed E-state index contributed by atoms with van der Waals surface area (Å²) in [4.78, 5) is 26.6. The molecule has 0 radical (unpaired) electrons. The quantitative estimate of drug-likeness (QED) is 0.768. The number of amides is 2. The van der Waals surface area contributed by atoms with E-state index in [1.165, 1.54) is 18.7 Å². The highest BCUT2D eigenvalue weighted by atomic mass is 32.2. The van der Waals surface area contributed by atoms with Crippen LogP contribution in [0.3, 0.4) is 0 Å². The average molecular weight is 350 g/mol. The van der Waals surface area contributed by atoms with Gasteiger partial charge in [-0.3, -0.25) is 9.59 Å². The Bertz CT molecular complexity index is 565. The Hall–Kier alpha value is -1.53. The zero-order valence-electron chi connectivity index (χ0n) is 14.4. The molecule has 1 aliphatic rings. The molecule has 1 unspecified atom stereocenters. The van der Waals surface area contributed by atoms with Crippen molar-refractivity contribution in [3.05, 3.63) is 24.3 Å². The Labute approximate surface area is 148 Å². The molecule has 0 saturated carbocycles. The number of carbonyl (C=O) groups excluding carboxylic acids is 2. The third-order valence-corrected chi connectivity index (χ3v) is 4.90. The Kier molecular flexibility index (Phi) is 7.59. The summed E-state index contributed by atoms with van der Waals surface area (Å²) in [5.41, 5.74) is 0.755. The van der Waals surface area contributed by atoms with Crippen LogP contribution in [-0.2, 0) is 14.3 Å². The highest BCUT2D eigenvalue weighted by molar-refractivity contribution is 8.00. The summed E-state index contributed by atoms with van der Waals surface area (Å²) >= 11 is 1.46. The van der Waals surface area contributed by atoms with E-state index in [1.807, 2.05) is 29.2 Å². The topological polar surface area (TPSA) is 58.6 Å². The van der Waals surface area contributed by atoms with Crippen molar-refractivity contribution in [3.63, 3.8) is 0 Å². The molecule has 1 saturated heterocycles. The Morgan fingerprint density at radius 2 is 2.17 bits per heavy atom. The van der Waals surface area contributed by atoms with Crippen LogP contribution in [0.4, 0.5) is 5.69 Å². The Morgan fingerprint density at radius 3 is 2.92 bits per heavy atom. The maximum Gasteiger partial charge on any atom is 0.233 e. The number of hydrogen-bond donors (Lipinski definition) is 1. The van der Waals surface area contributed by atoms with Crippen LogP contribution in [0, 0.1) is 0 Å². The van der Waals surface area contributed by atoms with Crippen LogP contribution in [0.25, 0.3) is 0 Å². The first kappa shape index (κ1) is 18.8. The molecule has 5 nitrogen and oxygen atoms in total. The van der Waals surface area contributed by atoms with E-state index in [0.717, 1.165) is 43.0 Å². The van der Waals surface area contributed by atoms with Crippen molar-refractivity contribution < 1.29 is 14.3 Å². The molecule has 0 aromatic heterocycles. The van der Waals surface area contributed by atoms with Gasteiger partial charge in [-0.2, -0.15) is 0 Å². The van der Waals surface area contributed by atoms with Crippen molar-refractivity contribution >= 4 is 29.3 Å². The van der Waals surface area contributed by atoms with Crippen molar-refractivity contribution in [2.45, 2.75) is 44.1 Å². The summed E-state index contributed by atoms with van der Waals surface area (Å²) in [6, 6.07) is 7.56. The van der Waals surface area contributed by atoms with Crippen LogP contribution in [0.2, 0.25) is 0 Å². The fourth-order valence-electron chi connectivity index (χ4n) is 2.70. The largest absolute Gasteiger partial charge is 0.376 e. The van der Waals surface area contributed by atoms with Crippen LogP contribution in [0.5, 0.6) is 0 Å². The molecular weight excluding hydrogens is 324 g/mol. The van der Waals surface area contributed by atoms with Crippen LogP contribution >= 0.6 is 11.8 Å². The molecule has 1 aromatic rings. The van der Waals surface area contributed by atoms with Gasteiger partial charge in [0.25, 0.3) is 0 Å². The number of para-hydroxylation sites is 1. The van der Waals surface area contributed by atoms with Crippen LogP contribution in [0.15, 0.2) is 29.2 Å². The second-order valence-corrected chi connectivity index (χ2v) is 6.96. The maximum absolute atomic E-state index is 12.5. The highest BCUT2D eigenvalue weighted by Gasteiger charge is 2.24. The van der Waals surface area contributed by atoms with E-state index in [-0.39, 0.29) is 17.9 Å². The third kappa shape index (κ3) is 5.83. The number of piperidine rings is 1. The van der Waals surface area contributed by atoms with Gasteiger partial charge in [0.2, 0.25) is 11.8 Å². The summed E-state index contributed by atoms with van der Waals surface area (Å²) in [5.74, 6) is 0.389. The molecule has 24 heavy (non-hydrogen) atoms. The number of nitrogens with one attached hydrogen (secondary N) is 1. The van der Waals surface area contributed by atoms with Gasteiger partial charge in [-0.05, 0) is 31.4 Å². The average Bonchev–Trinajstić information content (AvgIpc) is 2.58. The van der Waals surface area contributed by atoms with Crippen molar-refractivity contribution in [1.29, 1.82) is 0 Å². The van der Waals surface area contributed by atoms with E-state index in [9.17, 15) is 9.59 Å². The van der Waals surface area contributed by atoms with E-state index in [0.29, 0.717) is 12.3 Å². The number of nitrogens with zero attached hydrogens (tertiary/aromatic N) is 1. The summed E-state index contributed by atoms with van der Waals surface area (Å²) in [5, 5.41) is 2.80. The molecule has 1 fully saturated rings. The normalized spacial score (nSPS) is 17.6. The third-order valence-electron chi connectivity index (χ3n) is 3.84. The number of likely N-dealkylation sites (tertiary alicyclic amines) is 1. The number of benzene rings is 1. The molecule has 6 heteroatoms. The first-order valence-corrected chi connectivity index (χ1v) is 9.47. The zero-order chi connectivity index (χ0) is 17.4. The number of carbonyl (C=O) groups is 2. The molecule has 0 bridgehead atoms. The van der Waals surface area contributed by atoms with E-state index >= 15 is 0 Å². The zero-order valence-corrected chi connectivity index (χ0v) is 15.2. The fourth-order valence-corrected chi connectivity index (χ4v) is 3.61. The first-order chi connectivity index (χ1) is 11.6. The fraction of sp³-hybridized carbons (Fsp3) is 0.556. The first-order valence-electron chi connectivity index (χ1n) is 8.49. The smallest absolute Gasteiger partial charge is 0.233 e. The van der Waals surface area contributed by atoms with Crippen molar-refractivity contribution in [3.8, 4) is 0 Å². The Balaban J connectivity index is 1.87. The minimum Gasteiger partial charge on any atom is -0.376 e. The predicted molar refractivity (Wildman–Crippen MR) is 97.3 cm³/mol. The van der Waals surface area contributed by atoms with E-state index in [4.69, 9.17) is 4.74 Å². The minimum absolute atomic E-state index is 0.110. The minimum atomic E-state index is -0.110. The van der Waals surface area contributed by atoms with Gasteiger partial charge >= 0.3 is 0 Å². The summed E-state index contributed by atoms with van der Waals surface area (Å²) < 4.78 is 5.79. The number of hydrogen-bond acceptors (Lipinski definition) is 4. The van der Waals surface area contributed by atoms with E-state index in [1.54, 1.807) is 0 Å². The number of thioether (sulfide) groups is 1. The molecule has 1 aromatic carbocycles. The van der Waals surface area contributed by atoms with Gasteiger partial charge in [-0.1, -0.05) is 19.1 Å². The van der Waals surface area contributed by atoms with Crippen LogP contribution < -0.4 is 5.32 Å². The van der Waals surface area contributed by atoms with Crippen LogP contribution in [0.1, 0.15) is 33.1 Å². The lowest BCUT2D eigenvalue weighted by Crippen LogP contribution is -2.44. The molecule has 1 atom stereocenters. The molecule has 1 heterocycles. The standard InChI is InChI=1S/C18H26N2O3S/c1-3-11-23-15-7-6-10-20(12-15)18(22)13-24-17-9-5-4-8-16(17)19-14(2)21/h4-5,8-9,15H,3,6-7,10-13H2,1-2H3,(H,19,21). The molecule has 2 amide bonds. The molecule has 0 aliphatic carbocycles. The van der Waals surface area contributed by atoms with Crippen molar-refractivity contribution in [2.75, 3.05) is 30.8 Å². The van der Waals surface area contributed by atoms with Gasteiger partial charge in [0.15, 0.2) is 0 Å². The molecule has 1 N–H and O–H groups in total. The second-order valence-electron chi connectivity index (χ2n) is 5.94. The molecule has 2 rings (SSSR count). The van der Waals surface area contributed by atoms with Gasteiger partial charge in [-0.25, -0.2) is 0 Å². The van der Waals surface area contributed by atoms with Gasteiger partial charge in [0.05, 0.1) is 17.5 Å². The lowest BCUT2D eigenvalue weighted by Gasteiger charge is -2.32. The number of rotatable bonds is 7. The predicted octanol–water partition coefficient (Wildman–Crippen LogP) is 3.15. The summed E-state index contributed by atoms with van der Waals surface area (Å²) in [6.45, 7) is 5.82. The molecular formula is C18H26N2O3S. The summed E-state index contributed by atoms with van der Waals surface area (Å²) in [6.07, 6.45) is 3.19. The highest BCUT2D eigenvalue weighted by Crippen LogP contribution is 2.27. The Morgan fingerprint density at radius 1 is 1.38 bits per heavy atom. The van der Waals surface area contributed by atoms with E-state index < -0.39 is 0 Å². The number of anilines is 1. The van der Waals surface area contributed by atoms with Crippen molar-refractivity contribution in [1.82, 2.24) is 4.90 Å².